The Bertz CT molecular complexity index is 1060. The molecule has 1 aliphatic rings. The van der Waals surface area contributed by atoms with Crippen LogP contribution in [0.25, 0.3) is 0 Å². The minimum absolute atomic E-state index is 0.000311. The summed E-state index contributed by atoms with van der Waals surface area (Å²) in [5.74, 6) is -2.00. The zero-order valence-corrected chi connectivity index (χ0v) is 15.5. The number of amides is 1. The van der Waals surface area contributed by atoms with Crippen molar-refractivity contribution in [1.82, 2.24) is 5.32 Å². The van der Waals surface area contributed by atoms with Crippen molar-refractivity contribution in [3.05, 3.63) is 77.3 Å². The Morgan fingerprint density at radius 1 is 1.07 bits per heavy atom. The molecule has 0 heterocycles. The van der Waals surface area contributed by atoms with E-state index in [1.807, 2.05) is 0 Å². The lowest BCUT2D eigenvalue weighted by atomic mass is 10.1. The van der Waals surface area contributed by atoms with E-state index < -0.39 is 29.0 Å². The Morgan fingerprint density at radius 3 is 2.47 bits per heavy atom. The molecule has 2 aromatic rings. The van der Waals surface area contributed by atoms with Gasteiger partial charge in [-0.1, -0.05) is 6.08 Å². The van der Waals surface area contributed by atoms with Gasteiger partial charge in [0, 0.05) is 24.3 Å². The van der Waals surface area contributed by atoms with Crippen LogP contribution in [0.5, 0.6) is 17.2 Å². The monoisotopic (exact) mass is 421 g/mol. The summed E-state index contributed by atoms with van der Waals surface area (Å²) >= 11 is 0. The summed E-state index contributed by atoms with van der Waals surface area (Å²) in [7, 11) is 1.26. The van der Waals surface area contributed by atoms with E-state index in [0.29, 0.717) is 6.07 Å². The average molecular weight is 421 g/mol. The number of rotatable bonds is 5. The summed E-state index contributed by atoms with van der Waals surface area (Å²) in [5, 5.41) is 2.38. The summed E-state index contributed by atoms with van der Waals surface area (Å²) < 4.78 is 63.4. The van der Waals surface area contributed by atoms with Crippen molar-refractivity contribution in [2.45, 2.75) is 12.6 Å². The first-order valence-electron chi connectivity index (χ1n) is 8.62. The van der Waals surface area contributed by atoms with E-state index in [9.17, 15) is 27.2 Å². The number of ketones is 1. The first kappa shape index (κ1) is 21.1. The molecule has 0 saturated heterocycles. The fraction of sp³-hybridized carbons (Fsp3) is 0.143. The number of benzene rings is 2. The number of allylic oxidation sites excluding steroid dienone is 3. The van der Waals surface area contributed by atoms with Crippen molar-refractivity contribution in [1.29, 1.82) is 0 Å². The molecule has 0 spiro atoms. The van der Waals surface area contributed by atoms with Crippen LogP contribution < -0.4 is 14.8 Å². The Morgan fingerprint density at radius 2 is 1.80 bits per heavy atom. The number of nitrogens with one attached hydrogen (secondary N) is 1. The summed E-state index contributed by atoms with van der Waals surface area (Å²) in [6.45, 7) is 0. The Hall–Kier alpha value is -3.62. The summed E-state index contributed by atoms with van der Waals surface area (Å²) in [6, 6.07) is 5.70. The Labute approximate surface area is 168 Å². The zero-order valence-electron chi connectivity index (χ0n) is 15.5. The molecule has 2 aromatic carbocycles. The summed E-state index contributed by atoms with van der Waals surface area (Å²) in [6.07, 6.45) is -0.362. The minimum atomic E-state index is -4.69. The molecule has 0 radical (unpaired) electrons. The van der Waals surface area contributed by atoms with Crippen LogP contribution in [-0.4, -0.2) is 18.8 Å². The standard InChI is InChI=1S/C21H15F4NO4/c1-29-19-10-13(22)6-8-18(19)30-17-7-5-12(21(23,24)25)9-16(17)20(28)26-14-3-2-4-15(27)11-14/h2-3,5-11H,4H2,1H3,(H,26,28). The molecule has 1 N–H and O–H groups in total. The average Bonchev–Trinajstić information content (AvgIpc) is 2.68. The second-order valence-corrected chi connectivity index (χ2v) is 6.23. The minimum Gasteiger partial charge on any atom is -0.493 e. The van der Waals surface area contributed by atoms with Crippen molar-refractivity contribution in [3.63, 3.8) is 0 Å². The molecule has 5 nitrogen and oxygen atoms in total. The molecule has 0 saturated carbocycles. The molecular weight excluding hydrogens is 406 g/mol. The lowest BCUT2D eigenvalue weighted by Gasteiger charge is -2.16. The van der Waals surface area contributed by atoms with Gasteiger partial charge in [0.1, 0.15) is 11.6 Å². The molecule has 1 aliphatic carbocycles. The smallest absolute Gasteiger partial charge is 0.416 e. The van der Waals surface area contributed by atoms with Gasteiger partial charge >= 0.3 is 6.18 Å². The normalized spacial score (nSPS) is 13.6. The fourth-order valence-electron chi connectivity index (χ4n) is 2.68. The van der Waals surface area contributed by atoms with E-state index >= 15 is 0 Å². The van der Waals surface area contributed by atoms with Crippen LogP contribution >= 0.6 is 0 Å². The highest BCUT2D eigenvalue weighted by atomic mass is 19.4. The van der Waals surface area contributed by atoms with Crippen LogP contribution in [-0.2, 0) is 11.0 Å². The first-order chi connectivity index (χ1) is 14.2. The van der Waals surface area contributed by atoms with Crippen LogP contribution in [0, 0.1) is 5.82 Å². The van der Waals surface area contributed by atoms with Crippen molar-refractivity contribution in [2.24, 2.45) is 0 Å². The number of hydrogen-bond donors (Lipinski definition) is 1. The number of methoxy groups -OCH3 is 1. The van der Waals surface area contributed by atoms with Crippen molar-refractivity contribution >= 4 is 11.7 Å². The second kappa shape index (κ2) is 8.40. The van der Waals surface area contributed by atoms with Gasteiger partial charge in [0.05, 0.1) is 18.2 Å². The largest absolute Gasteiger partial charge is 0.493 e. The highest BCUT2D eigenvalue weighted by Gasteiger charge is 2.32. The summed E-state index contributed by atoms with van der Waals surface area (Å²) in [4.78, 5) is 24.2. The molecule has 0 aliphatic heterocycles. The highest BCUT2D eigenvalue weighted by Crippen LogP contribution is 2.37. The molecule has 0 atom stereocenters. The van der Waals surface area contributed by atoms with Crippen LogP contribution in [0.4, 0.5) is 17.6 Å². The SMILES string of the molecule is COc1cc(F)ccc1Oc1ccc(C(F)(F)F)cc1C(=O)NC1=CC(=O)CC=C1. The first-order valence-corrected chi connectivity index (χ1v) is 8.62. The zero-order chi connectivity index (χ0) is 21.9. The molecule has 9 heteroatoms. The third kappa shape index (κ3) is 4.86. The van der Waals surface area contributed by atoms with Gasteiger partial charge in [-0.25, -0.2) is 4.39 Å². The van der Waals surface area contributed by atoms with E-state index in [1.54, 1.807) is 0 Å². The predicted octanol–water partition coefficient (Wildman–Crippen LogP) is 4.79. The Kier molecular flexibility index (Phi) is 5.91. The molecule has 3 rings (SSSR count). The molecule has 30 heavy (non-hydrogen) atoms. The van der Waals surface area contributed by atoms with Crippen molar-refractivity contribution in [2.75, 3.05) is 7.11 Å². The van der Waals surface area contributed by atoms with Gasteiger partial charge in [0.25, 0.3) is 5.91 Å². The van der Waals surface area contributed by atoms with Gasteiger partial charge < -0.3 is 14.8 Å². The number of carbonyl (C=O) groups is 2. The maximum Gasteiger partial charge on any atom is 0.416 e. The van der Waals surface area contributed by atoms with Crippen LogP contribution in [0.2, 0.25) is 0 Å². The number of halogens is 4. The molecule has 0 aromatic heterocycles. The molecular formula is C21H15F4NO4. The van der Waals surface area contributed by atoms with Crippen molar-refractivity contribution in [3.8, 4) is 17.2 Å². The Balaban J connectivity index is 2.00. The third-order valence-corrected chi connectivity index (χ3v) is 4.09. The third-order valence-electron chi connectivity index (χ3n) is 4.09. The van der Waals surface area contributed by atoms with E-state index in [0.717, 1.165) is 24.3 Å². The number of carbonyl (C=O) groups excluding carboxylic acids is 2. The van der Waals surface area contributed by atoms with Gasteiger partial charge in [0.15, 0.2) is 17.3 Å². The maximum atomic E-state index is 13.4. The maximum absolute atomic E-state index is 13.4. The number of alkyl halides is 3. The van der Waals surface area contributed by atoms with Gasteiger partial charge in [-0.15, -0.1) is 0 Å². The van der Waals surface area contributed by atoms with Gasteiger partial charge in [-0.3, -0.25) is 9.59 Å². The van der Waals surface area contributed by atoms with Gasteiger partial charge in [-0.2, -0.15) is 13.2 Å². The quantitative estimate of drug-likeness (QED) is 0.706. The number of hydrogen-bond acceptors (Lipinski definition) is 4. The van der Waals surface area contributed by atoms with Crippen LogP contribution in [0.1, 0.15) is 22.3 Å². The fourth-order valence-corrected chi connectivity index (χ4v) is 2.68. The molecule has 0 unspecified atom stereocenters. The molecule has 0 bridgehead atoms. The van der Waals surface area contributed by atoms with Crippen LogP contribution in [0.15, 0.2) is 60.3 Å². The topological polar surface area (TPSA) is 64.6 Å². The van der Waals surface area contributed by atoms with E-state index in [4.69, 9.17) is 9.47 Å². The van der Waals surface area contributed by atoms with Crippen molar-refractivity contribution < 1.29 is 36.6 Å². The highest BCUT2D eigenvalue weighted by molar-refractivity contribution is 6.00. The molecule has 156 valence electrons. The van der Waals surface area contributed by atoms with E-state index in [-0.39, 0.29) is 35.1 Å². The van der Waals surface area contributed by atoms with Gasteiger partial charge in [-0.05, 0) is 36.4 Å². The lowest BCUT2D eigenvalue weighted by Crippen LogP contribution is -2.24. The number of ether oxygens (including phenoxy) is 2. The summed E-state index contributed by atoms with van der Waals surface area (Å²) in [5.41, 5.74) is -1.35. The van der Waals surface area contributed by atoms with E-state index in [1.165, 1.54) is 31.4 Å². The second-order valence-electron chi connectivity index (χ2n) is 6.23. The predicted molar refractivity (Wildman–Crippen MR) is 98.8 cm³/mol. The molecule has 1 amide bonds. The van der Waals surface area contributed by atoms with E-state index in [2.05, 4.69) is 5.32 Å². The van der Waals surface area contributed by atoms with Crippen LogP contribution in [0.3, 0.4) is 0 Å². The van der Waals surface area contributed by atoms with Gasteiger partial charge in [0.2, 0.25) is 0 Å². The lowest BCUT2D eigenvalue weighted by molar-refractivity contribution is -0.137. The molecule has 0 fully saturated rings.